The standard InChI is InChI=1S/C18H33NO4/c1-14(2)16-12-22-18(3,23-13-16)9-5-6-15-7-10-19(11-8-15)17(20)21-4/h14-16H,5-13H2,1-4H3. The number of carbonyl (C=O) groups excluding carboxylic acids is 1. The smallest absolute Gasteiger partial charge is 0.409 e. The predicted octanol–water partition coefficient (Wildman–Crippen LogP) is 3.67. The van der Waals surface area contributed by atoms with E-state index in [4.69, 9.17) is 14.2 Å². The summed E-state index contributed by atoms with van der Waals surface area (Å²) in [6.45, 7) is 9.78. The predicted molar refractivity (Wildman–Crippen MR) is 89.2 cm³/mol. The molecule has 0 radical (unpaired) electrons. The van der Waals surface area contributed by atoms with E-state index in [1.54, 1.807) is 4.90 Å². The van der Waals surface area contributed by atoms with Crippen molar-refractivity contribution >= 4 is 6.09 Å². The summed E-state index contributed by atoms with van der Waals surface area (Å²) >= 11 is 0. The fourth-order valence-corrected chi connectivity index (χ4v) is 3.43. The SMILES string of the molecule is COC(=O)N1CCC(CCCC2(C)OCC(C(C)C)CO2)CC1. The van der Waals surface area contributed by atoms with Crippen LogP contribution in [0.3, 0.4) is 0 Å². The first-order chi connectivity index (χ1) is 10.9. The molecular formula is C18H33NO4. The molecule has 0 unspecified atom stereocenters. The first-order valence-corrected chi connectivity index (χ1v) is 9.04. The van der Waals surface area contributed by atoms with E-state index in [1.165, 1.54) is 13.5 Å². The van der Waals surface area contributed by atoms with Crippen molar-refractivity contribution in [2.24, 2.45) is 17.8 Å². The van der Waals surface area contributed by atoms with Gasteiger partial charge in [-0.15, -0.1) is 0 Å². The number of methoxy groups -OCH3 is 1. The van der Waals surface area contributed by atoms with Crippen LogP contribution >= 0.6 is 0 Å². The van der Waals surface area contributed by atoms with Gasteiger partial charge in [0.25, 0.3) is 0 Å². The Morgan fingerprint density at radius 2 is 1.87 bits per heavy atom. The topological polar surface area (TPSA) is 48.0 Å². The van der Waals surface area contributed by atoms with Gasteiger partial charge in [-0.3, -0.25) is 0 Å². The number of piperidine rings is 1. The summed E-state index contributed by atoms with van der Waals surface area (Å²) in [7, 11) is 1.45. The van der Waals surface area contributed by atoms with Crippen molar-refractivity contribution < 1.29 is 19.0 Å². The number of carbonyl (C=O) groups is 1. The molecule has 0 aliphatic carbocycles. The second-order valence-electron chi connectivity index (χ2n) is 7.55. The lowest BCUT2D eigenvalue weighted by atomic mass is 9.90. The Labute approximate surface area is 140 Å². The number of hydrogen-bond donors (Lipinski definition) is 0. The number of rotatable bonds is 5. The average Bonchev–Trinajstić information content (AvgIpc) is 2.55. The Hall–Kier alpha value is -0.810. The molecule has 0 aromatic carbocycles. The van der Waals surface area contributed by atoms with Gasteiger partial charge < -0.3 is 19.1 Å². The first-order valence-electron chi connectivity index (χ1n) is 9.04. The molecule has 2 aliphatic rings. The van der Waals surface area contributed by atoms with E-state index in [2.05, 4.69) is 20.8 Å². The molecule has 23 heavy (non-hydrogen) atoms. The van der Waals surface area contributed by atoms with Gasteiger partial charge in [-0.1, -0.05) is 20.3 Å². The molecule has 0 bridgehead atoms. The van der Waals surface area contributed by atoms with Crippen LogP contribution in [-0.2, 0) is 14.2 Å². The van der Waals surface area contributed by atoms with Crippen molar-refractivity contribution in [2.45, 2.75) is 58.7 Å². The van der Waals surface area contributed by atoms with E-state index in [1.807, 2.05) is 0 Å². The average molecular weight is 327 g/mol. The van der Waals surface area contributed by atoms with Crippen LogP contribution in [0.15, 0.2) is 0 Å². The molecule has 2 heterocycles. The van der Waals surface area contributed by atoms with E-state index in [0.29, 0.717) is 17.8 Å². The molecule has 2 rings (SSSR count). The third kappa shape index (κ3) is 5.35. The van der Waals surface area contributed by atoms with Crippen LogP contribution in [0.4, 0.5) is 4.79 Å². The summed E-state index contributed by atoms with van der Waals surface area (Å²) in [4.78, 5) is 13.3. The zero-order valence-corrected chi connectivity index (χ0v) is 15.2. The van der Waals surface area contributed by atoms with E-state index in [0.717, 1.165) is 52.0 Å². The minimum Gasteiger partial charge on any atom is -0.453 e. The first kappa shape index (κ1) is 18.5. The highest BCUT2D eigenvalue weighted by Gasteiger charge is 2.34. The van der Waals surface area contributed by atoms with E-state index >= 15 is 0 Å². The van der Waals surface area contributed by atoms with Crippen molar-refractivity contribution in [2.75, 3.05) is 33.4 Å². The number of hydrogen-bond acceptors (Lipinski definition) is 4. The van der Waals surface area contributed by atoms with Gasteiger partial charge in [0.05, 0.1) is 20.3 Å². The zero-order chi connectivity index (χ0) is 16.9. The van der Waals surface area contributed by atoms with Gasteiger partial charge in [0.2, 0.25) is 0 Å². The Balaban J connectivity index is 1.63. The van der Waals surface area contributed by atoms with Crippen LogP contribution in [0, 0.1) is 17.8 Å². The van der Waals surface area contributed by atoms with Gasteiger partial charge >= 0.3 is 6.09 Å². The molecule has 0 spiro atoms. The van der Waals surface area contributed by atoms with Crippen molar-refractivity contribution in [1.29, 1.82) is 0 Å². The quantitative estimate of drug-likeness (QED) is 0.773. The lowest BCUT2D eigenvalue weighted by Crippen LogP contribution is -2.43. The summed E-state index contributed by atoms with van der Waals surface area (Å²) < 4.78 is 16.8. The Morgan fingerprint density at radius 3 is 2.39 bits per heavy atom. The van der Waals surface area contributed by atoms with Gasteiger partial charge in [-0.2, -0.15) is 0 Å². The number of nitrogens with zero attached hydrogens (tertiary/aromatic N) is 1. The molecule has 5 heteroatoms. The lowest BCUT2D eigenvalue weighted by molar-refractivity contribution is -0.280. The van der Waals surface area contributed by atoms with Crippen LogP contribution in [0.5, 0.6) is 0 Å². The van der Waals surface area contributed by atoms with Crippen molar-refractivity contribution in [3.8, 4) is 0 Å². The highest BCUT2D eigenvalue weighted by Crippen LogP contribution is 2.31. The second-order valence-corrected chi connectivity index (χ2v) is 7.55. The fraction of sp³-hybridized carbons (Fsp3) is 0.944. The highest BCUT2D eigenvalue weighted by atomic mass is 16.7. The third-order valence-corrected chi connectivity index (χ3v) is 5.44. The number of ether oxygens (including phenoxy) is 3. The van der Waals surface area contributed by atoms with Gasteiger partial charge in [-0.25, -0.2) is 4.79 Å². The van der Waals surface area contributed by atoms with Crippen LogP contribution in [0.1, 0.15) is 52.9 Å². The molecule has 5 nitrogen and oxygen atoms in total. The Bertz CT molecular complexity index is 369. The van der Waals surface area contributed by atoms with Crippen molar-refractivity contribution in [1.82, 2.24) is 4.90 Å². The fourth-order valence-electron chi connectivity index (χ4n) is 3.43. The van der Waals surface area contributed by atoms with Gasteiger partial charge in [-0.05, 0) is 38.0 Å². The normalized spacial score (nSPS) is 29.8. The Morgan fingerprint density at radius 1 is 1.26 bits per heavy atom. The van der Waals surface area contributed by atoms with Crippen LogP contribution in [0.25, 0.3) is 0 Å². The minimum absolute atomic E-state index is 0.195. The van der Waals surface area contributed by atoms with Crippen molar-refractivity contribution in [3.05, 3.63) is 0 Å². The summed E-state index contributed by atoms with van der Waals surface area (Å²) in [5, 5.41) is 0. The molecule has 1 amide bonds. The molecule has 2 saturated heterocycles. The van der Waals surface area contributed by atoms with E-state index in [-0.39, 0.29) is 6.09 Å². The monoisotopic (exact) mass is 327 g/mol. The molecule has 134 valence electrons. The minimum atomic E-state index is -0.405. The van der Waals surface area contributed by atoms with E-state index < -0.39 is 5.79 Å². The maximum Gasteiger partial charge on any atom is 0.409 e. The molecule has 0 aromatic heterocycles. The van der Waals surface area contributed by atoms with Crippen LogP contribution in [0.2, 0.25) is 0 Å². The third-order valence-electron chi connectivity index (χ3n) is 5.44. The summed E-state index contributed by atoms with van der Waals surface area (Å²) in [5.41, 5.74) is 0. The van der Waals surface area contributed by atoms with E-state index in [9.17, 15) is 4.79 Å². The molecular weight excluding hydrogens is 294 g/mol. The number of likely N-dealkylation sites (tertiary alicyclic amines) is 1. The summed E-state index contributed by atoms with van der Waals surface area (Å²) in [5.74, 6) is 1.43. The number of amides is 1. The van der Waals surface area contributed by atoms with Crippen LogP contribution in [-0.4, -0.2) is 50.2 Å². The van der Waals surface area contributed by atoms with Crippen molar-refractivity contribution in [3.63, 3.8) is 0 Å². The van der Waals surface area contributed by atoms with Gasteiger partial charge in [0.15, 0.2) is 5.79 Å². The van der Waals surface area contributed by atoms with Gasteiger partial charge in [0.1, 0.15) is 0 Å². The Kier molecular flexibility index (Phi) is 6.72. The zero-order valence-electron chi connectivity index (χ0n) is 15.2. The van der Waals surface area contributed by atoms with Gasteiger partial charge in [0, 0.05) is 25.4 Å². The molecule has 0 saturated carbocycles. The molecule has 2 fully saturated rings. The van der Waals surface area contributed by atoms with Crippen LogP contribution < -0.4 is 0 Å². The maximum atomic E-state index is 11.5. The molecule has 0 aromatic rings. The maximum absolute atomic E-state index is 11.5. The molecule has 2 aliphatic heterocycles. The molecule has 0 N–H and O–H groups in total. The lowest BCUT2D eigenvalue weighted by Gasteiger charge is -2.39. The summed E-state index contributed by atoms with van der Waals surface area (Å²) in [6.07, 6.45) is 5.21. The summed E-state index contributed by atoms with van der Waals surface area (Å²) in [6, 6.07) is 0. The second kappa shape index (κ2) is 8.34. The molecule has 0 atom stereocenters. The largest absolute Gasteiger partial charge is 0.453 e. The highest BCUT2D eigenvalue weighted by molar-refractivity contribution is 5.67.